The van der Waals surface area contributed by atoms with Crippen LogP contribution in [0.3, 0.4) is 0 Å². The molecule has 1 atom stereocenters. The molecule has 0 saturated carbocycles. The monoisotopic (exact) mass is 293 g/mol. The predicted octanol–water partition coefficient (Wildman–Crippen LogP) is 0.453. The Balaban J connectivity index is 2.28. The Kier molecular flexibility index (Phi) is 4.11. The molecule has 0 bridgehead atoms. The van der Waals surface area contributed by atoms with Crippen LogP contribution in [0.15, 0.2) is 18.2 Å². The van der Waals surface area contributed by atoms with Crippen LogP contribution >= 0.6 is 0 Å². The van der Waals surface area contributed by atoms with Gasteiger partial charge in [0.1, 0.15) is 11.8 Å². The minimum absolute atomic E-state index is 0.0333. The van der Waals surface area contributed by atoms with Gasteiger partial charge < -0.3 is 19.5 Å². The van der Waals surface area contributed by atoms with Gasteiger partial charge in [0, 0.05) is 12.1 Å². The van der Waals surface area contributed by atoms with E-state index in [1.807, 2.05) is 0 Å². The van der Waals surface area contributed by atoms with Gasteiger partial charge in [-0.25, -0.2) is 4.79 Å². The van der Waals surface area contributed by atoms with E-state index in [9.17, 15) is 19.5 Å². The first-order valence-electron chi connectivity index (χ1n) is 6.25. The molecule has 21 heavy (non-hydrogen) atoms. The van der Waals surface area contributed by atoms with Gasteiger partial charge in [-0.05, 0) is 23.8 Å². The summed E-state index contributed by atoms with van der Waals surface area (Å²) in [6, 6.07) is 3.29. The van der Waals surface area contributed by atoms with Crippen LogP contribution < -0.4 is 0 Å². The number of phenolic OH excluding ortho intramolecular Hbond substituents is 1. The first kappa shape index (κ1) is 14.8. The Morgan fingerprint density at radius 2 is 2.05 bits per heavy atom. The molecule has 1 N–H and O–H groups in total. The third kappa shape index (κ3) is 2.81. The lowest BCUT2D eigenvalue weighted by molar-refractivity contribution is -0.152. The lowest BCUT2D eigenvalue weighted by Crippen LogP contribution is -2.43. The summed E-state index contributed by atoms with van der Waals surface area (Å²) in [5.41, 5.74) is 0.991. The smallest absolute Gasteiger partial charge is 0.329 e. The molecule has 1 unspecified atom stereocenters. The molecular weight excluding hydrogens is 278 g/mol. The van der Waals surface area contributed by atoms with E-state index < -0.39 is 18.0 Å². The molecule has 0 fully saturated rings. The summed E-state index contributed by atoms with van der Waals surface area (Å²) in [6.45, 7) is 0.124. The second-order valence-corrected chi connectivity index (χ2v) is 4.59. The lowest BCUT2D eigenvalue weighted by atomic mass is 10.1. The highest BCUT2D eigenvalue weighted by atomic mass is 16.5. The number of nitrogens with zero attached hydrogens (tertiary/aromatic N) is 1. The van der Waals surface area contributed by atoms with E-state index in [-0.39, 0.29) is 24.6 Å². The molecule has 7 heteroatoms. The topological polar surface area (TPSA) is 93.1 Å². The van der Waals surface area contributed by atoms with E-state index in [1.54, 1.807) is 0 Å². The fourth-order valence-corrected chi connectivity index (χ4v) is 2.28. The van der Waals surface area contributed by atoms with Gasteiger partial charge >= 0.3 is 11.9 Å². The Bertz CT molecular complexity index is 597. The largest absolute Gasteiger partial charge is 0.508 e. The molecule has 2 rings (SSSR count). The summed E-state index contributed by atoms with van der Waals surface area (Å²) < 4.78 is 9.19. The van der Waals surface area contributed by atoms with Crippen LogP contribution in [0.5, 0.6) is 5.75 Å². The quantitative estimate of drug-likeness (QED) is 0.810. The van der Waals surface area contributed by atoms with Gasteiger partial charge in [0.2, 0.25) is 0 Å². The van der Waals surface area contributed by atoms with Crippen LogP contribution in [0.1, 0.15) is 22.3 Å². The first-order chi connectivity index (χ1) is 9.97. The summed E-state index contributed by atoms with van der Waals surface area (Å²) >= 11 is 0. The Morgan fingerprint density at radius 3 is 2.67 bits per heavy atom. The third-order valence-corrected chi connectivity index (χ3v) is 3.36. The van der Waals surface area contributed by atoms with Crippen molar-refractivity contribution < 1.29 is 29.0 Å². The number of esters is 2. The minimum Gasteiger partial charge on any atom is -0.508 e. The van der Waals surface area contributed by atoms with Crippen molar-refractivity contribution >= 4 is 17.8 Å². The molecule has 1 aromatic carbocycles. The highest BCUT2D eigenvalue weighted by molar-refractivity contribution is 6.01. The number of ether oxygens (including phenoxy) is 2. The third-order valence-electron chi connectivity index (χ3n) is 3.36. The van der Waals surface area contributed by atoms with Crippen molar-refractivity contribution in [1.29, 1.82) is 0 Å². The van der Waals surface area contributed by atoms with E-state index in [0.717, 1.165) is 0 Å². The highest BCUT2D eigenvalue weighted by Crippen LogP contribution is 2.28. The zero-order valence-corrected chi connectivity index (χ0v) is 11.7. The molecule has 1 heterocycles. The van der Waals surface area contributed by atoms with Gasteiger partial charge in [-0.1, -0.05) is 0 Å². The fraction of sp³-hybridized carbons (Fsp3) is 0.357. The maximum atomic E-state index is 12.3. The number of methoxy groups -OCH3 is 2. The maximum Gasteiger partial charge on any atom is 0.329 e. The van der Waals surface area contributed by atoms with Crippen molar-refractivity contribution in [3.63, 3.8) is 0 Å². The number of carbonyl (C=O) groups excluding carboxylic acids is 3. The van der Waals surface area contributed by atoms with Crippen LogP contribution in [0.2, 0.25) is 0 Å². The lowest BCUT2D eigenvalue weighted by Gasteiger charge is -2.24. The summed E-state index contributed by atoms with van der Waals surface area (Å²) in [6.07, 6.45) is -0.283. The highest BCUT2D eigenvalue weighted by Gasteiger charge is 2.38. The normalized spacial score (nSPS) is 14.6. The number of carbonyl (C=O) groups is 3. The van der Waals surface area contributed by atoms with Gasteiger partial charge in [-0.2, -0.15) is 0 Å². The molecule has 1 aliphatic rings. The summed E-state index contributed by atoms with van der Waals surface area (Å²) in [4.78, 5) is 36.8. The number of phenols is 1. The van der Waals surface area contributed by atoms with E-state index in [0.29, 0.717) is 11.1 Å². The molecule has 0 radical (unpaired) electrons. The fourth-order valence-electron chi connectivity index (χ4n) is 2.28. The molecule has 0 aliphatic carbocycles. The van der Waals surface area contributed by atoms with Crippen molar-refractivity contribution in [2.75, 3.05) is 14.2 Å². The minimum atomic E-state index is -1.05. The van der Waals surface area contributed by atoms with E-state index in [2.05, 4.69) is 9.47 Å². The predicted molar refractivity (Wildman–Crippen MR) is 70.4 cm³/mol. The van der Waals surface area contributed by atoms with Crippen molar-refractivity contribution in [2.24, 2.45) is 0 Å². The molecule has 1 amide bonds. The first-order valence-corrected chi connectivity index (χ1v) is 6.25. The van der Waals surface area contributed by atoms with Gasteiger partial charge in [0.05, 0.1) is 20.6 Å². The summed E-state index contributed by atoms with van der Waals surface area (Å²) in [5.74, 6) is -1.65. The average Bonchev–Trinajstić information content (AvgIpc) is 2.79. The Hall–Kier alpha value is -2.57. The van der Waals surface area contributed by atoms with Gasteiger partial charge in [-0.3, -0.25) is 9.59 Å². The van der Waals surface area contributed by atoms with Gasteiger partial charge in [0.15, 0.2) is 0 Å². The number of hydrogen-bond donors (Lipinski definition) is 1. The molecule has 0 aromatic heterocycles. The second-order valence-electron chi connectivity index (χ2n) is 4.59. The zero-order valence-electron chi connectivity index (χ0n) is 11.7. The number of amides is 1. The number of hydrogen-bond acceptors (Lipinski definition) is 6. The Morgan fingerprint density at radius 1 is 1.33 bits per heavy atom. The number of aromatic hydroxyl groups is 1. The molecule has 7 nitrogen and oxygen atoms in total. The van der Waals surface area contributed by atoms with E-state index in [4.69, 9.17) is 0 Å². The van der Waals surface area contributed by atoms with Crippen LogP contribution in [-0.4, -0.2) is 48.1 Å². The van der Waals surface area contributed by atoms with Gasteiger partial charge in [-0.15, -0.1) is 0 Å². The molecule has 112 valence electrons. The number of fused-ring (bicyclic) bond motifs is 1. The van der Waals surface area contributed by atoms with Crippen molar-refractivity contribution in [3.05, 3.63) is 29.3 Å². The van der Waals surface area contributed by atoms with Crippen LogP contribution in [0.25, 0.3) is 0 Å². The number of rotatable bonds is 4. The number of benzene rings is 1. The van der Waals surface area contributed by atoms with Crippen molar-refractivity contribution in [3.8, 4) is 5.75 Å². The van der Waals surface area contributed by atoms with E-state index >= 15 is 0 Å². The second kappa shape index (κ2) is 5.82. The van der Waals surface area contributed by atoms with Crippen molar-refractivity contribution in [2.45, 2.75) is 19.0 Å². The molecule has 1 aliphatic heterocycles. The maximum absolute atomic E-state index is 12.3. The van der Waals surface area contributed by atoms with Crippen LogP contribution in [0, 0.1) is 0 Å². The standard InChI is InChI=1S/C14H15NO6/c1-20-12(17)6-11(14(19)21-2)15-7-8-5-9(16)3-4-10(8)13(15)18/h3-5,11,16H,6-7H2,1-2H3. The van der Waals surface area contributed by atoms with Crippen LogP contribution in [-0.2, 0) is 25.6 Å². The van der Waals surface area contributed by atoms with Crippen LogP contribution in [0.4, 0.5) is 0 Å². The summed E-state index contributed by atoms with van der Waals surface area (Å²) in [7, 11) is 2.39. The van der Waals surface area contributed by atoms with Crippen molar-refractivity contribution in [1.82, 2.24) is 4.90 Å². The molecule has 1 aromatic rings. The van der Waals surface area contributed by atoms with E-state index in [1.165, 1.54) is 37.3 Å². The van der Waals surface area contributed by atoms with Gasteiger partial charge in [0.25, 0.3) is 5.91 Å². The summed E-state index contributed by atoms with van der Waals surface area (Å²) in [5, 5.41) is 9.45. The average molecular weight is 293 g/mol. The molecule has 0 spiro atoms. The Labute approximate surface area is 121 Å². The zero-order chi connectivity index (χ0) is 15.6. The SMILES string of the molecule is COC(=O)CC(C(=O)OC)N1Cc2cc(O)ccc2C1=O. The molecular formula is C14H15NO6. The molecule has 0 saturated heterocycles.